The second-order valence-electron chi connectivity index (χ2n) is 11.3. The highest BCUT2D eigenvalue weighted by Gasteiger charge is 2.80. The molecule has 1 aliphatic carbocycles. The number of ether oxygens (including phenoxy) is 2. The quantitative estimate of drug-likeness (QED) is 0.280. The summed E-state index contributed by atoms with van der Waals surface area (Å²) in [6, 6.07) is -1.42. The van der Waals surface area contributed by atoms with Gasteiger partial charge in [-0.1, -0.05) is 38.3 Å². The van der Waals surface area contributed by atoms with Gasteiger partial charge in [0.2, 0.25) is 11.8 Å². The molecule has 2 bridgehead atoms. The maximum Gasteiger partial charge on any atom is 0.312 e. The molecule has 1 saturated carbocycles. The third-order valence-electron chi connectivity index (χ3n) is 9.17. The van der Waals surface area contributed by atoms with Gasteiger partial charge >= 0.3 is 5.97 Å². The number of nitrogens with zero attached hydrogens (tertiary/aromatic N) is 2. The van der Waals surface area contributed by atoms with Crippen molar-refractivity contribution in [2.24, 2.45) is 17.8 Å². The average molecular weight is 503 g/mol. The van der Waals surface area contributed by atoms with E-state index < -0.39 is 41.1 Å². The minimum atomic E-state index is -1.14. The molecule has 7 atom stereocenters. The predicted octanol–water partition coefficient (Wildman–Crippen LogP) is 2.84. The van der Waals surface area contributed by atoms with Gasteiger partial charge in [0, 0.05) is 12.6 Å². The van der Waals surface area contributed by atoms with Crippen LogP contribution in [0.25, 0.3) is 0 Å². The Morgan fingerprint density at radius 1 is 1.28 bits per heavy atom. The summed E-state index contributed by atoms with van der Waals surface area (Å²) >= 11 is 0. The number of carbonyl (C=O) groups excluding carboxylic acids is 3. The minimum Gasteiger partial charge on any atom is -0.465 e. The maximum atomic E-state index is 14.4. The lowest BCUT2D eigenvalue weighted by Crippen LogP contribution is -2.60. The first-order valence-corrected chi connectivity index (χ1v) is 13.5. The van der Waals surface area contributed by atoms with E-state index in [9.17, 15) is 19.5 Å². The zero-order chi connectivity index (χ0) is 26.3. The van der Waals surface area contributed by atoms with Crippen LogP contribution in [0.1, 0.15) is 65.7 Å². The Bertz CT molecular complexity index is 900. The molecule has 200 valence electrons. The van der Waals surface area contributed by atoms with Crippen molar-refractivity contribution in [2.45, 2.75) is 95.0 Å². The van der Waals surface area contributed by atoms with E-state index in [1.54, 1.807) is 19.1 Å². The Labute approximate surface area is 214 Å². The largest absolute Gasteiger partial charge is 0.465 e. The molecule has 1 spiro atoms. The van der Waals surface area contributed by atoms with E-state index in [2.05, 4.69) is 13.2 Å². The summed E-state index contributed by atoms with van der Waals surface area (Å²) in [6.45, 7) is 13.5. The number of hydrogen-bond acceptors (Lipinski definition) is 6. The van der Waals surface area contributed by atoms with Gasteiger partial charge < -0.3 is 24.4 Å². The topological polar surface area (TPSA) is 96.4 Å². The second-order valence-corrected chi connectivity index (χ2v) is 11.3. The molecule has 0 aromatic rings. The van der Waals surface area contributed by atoms with E-state index in [0.29, 0.717) is 19.4 Å². The molecule has 0 aromatic heterocycles. The zero-order valence-corrected chi connectivity index (χ0v) is 22.0. The molecule has 4 rings (SSSR count). The van der Waals surface area contributed by atoms with Crippen LogP contribution in [-0.4, -0.2) is 81.8 Å². The number of likely N-dealkylation sites (tertiary alicyclic amines) is 1. The van der Waals surface area contributed by atoms with Gasteiger partial charge in [-0.3, -0.25) is 14.4 Å². The Morgan fingerprint density at radius 2 is 1.97 bits per heavy atom. The highest BCUT2D eigenvalue weighted by Crippen LogP contribution is 2.65. The van der Waals surface area contributed by atoms with Crippen molar-refractivity contribution in [2.75, 3.05) is 19.8 Å². The predicted molar refractivity (Wildman–Crippen MR) is 135 cm³/mol. The van der Waals surface area contributed by atoms with Crippen LogP contribution in [0.3, 0.4) is 0 Å². The lowest BCUT2D eigenvalue weighted by Gasteiger charge is -2.42. The molecule has 2 amide bonds. The van der Waals surface area contributed by atoms with Crippen molar-refractivity contribution >= 4 is 17.8 Å². The summed E-state index contributed by atoms with van der Waals surface area (Å²) in [7, 11) is 0. The van der Waals surface area contributed by atoms with E-state index in [0.717, 1.165) is 32.1 Å². The molecule has 0 radical (unpaired) electrons. The van der Waals surface area contributed by atoms with Crippen molar-refractivity contribution in [3.8, 4) is 0 Å². The van der Waals surface area contributed by atoms with E-state index >= 15 is 0 Å². The number of rotatable bonds is 10. The van der Waals surface area contributed by atoms with Gasteiger partial charge in [0.1, 0.15) is 17.6 Å². The SMILES string of the molecule is C=CCCOC(=O)[C@H]1[C@H]2C(=O)N([C@H](C)CO)C(C(=O)N(CC=C)C3CCCCC3)C23CC(C)[C@]1(C)O3. The smallest absolute Gasteiger partial charge is 0.312 e. The summed E-state index contributed by atoms with van der Waals surface area (Å²) in [5.41, 5.74) is -2.05. The van der Waals surface area contributed by atoms with E-state index in [1.807, 2.05) is 18.7 Å². The molecule has 36 heavy (non-hydrogen) atoms. The Balaban J connectivity index is 1.76. The number of aliphatic hydroxyl groups is 1. The zero-order valence-electron chi connectivity index (χ0n) is 22.0. The van der Waals surface area contributed by atoms with Gasteiger partial charge in [0.05, 0.1) is 30.8 Å². The molecule has 3 aliphatic heterocycles. The Morgan fingerprint density at radius 3 is 2.58 bits per heavy atom. The summed E-state index contributed by atoms with van der Waals surface area (Å²) in [6.07, 6.45) is 9.52. The third kappa shape index (κ3) is 4.01. The number of esters is 1. The van der Waals surface area contributed by atoms with Crippen LogP contribution in [-0.2, 0) is 23.9 Å². The number of aliphatic hydroxyl groups excluding tert-OH is 1. The molecule has 4 aliphatic rings. The first-order valence-electron chi connectivity index (χ1n) is 13.5. The van der Waals surface area contributed by atoms with Gasteiger partial charge in [-0.15, -0.1) is 13.2 Å². The molecule has 8 heteroatoms. The fourth-order valence-electron chi connectivity index (χ4n) is 7.32. The highest BCUT2D eigenvalue weighted by atomic mass is 16.6. The summed E-state index contributed by atoms with van der Waals surface area (Å²) in [5, 5.41) is 10.1. The van der Waals surface area contributed by atoms with Gasteiger partial charge in [0.15, 0.2) is 0 Å². The van der Waals surface area contributed by atoms with E-state index in [-0.39, 0.29) is 37.0 Å². The number of fused-ring (bicyclic) bond motifs is 1. The van der Waals surface area contributed by atoms with Crippen molar-refractivity contribution in [1.29, 1.82) is 0 Å². The van der Waals surface area contributed by atoms with Crippen molar-refractivity contribution < 1.29 is 29.0 Å². The monoisotopic (exact) mass is 502 g/mol. The molecule has 0 aromatic carbocycles. The Hall–Kier alpha value is -2.19. The van der Waals surface area contributed by atoms with Gasteiger partial charge in [0.25, 0.3) is 0 Å². The summed E-state index contributed by atoms with van der Waals surface area (Å²) in [4.78, 5) is 45.2. The van der Waals surface area contributed by atoms with Crippen LogP contribution in [0.15, 0.2) is 25.3 Å². The number of amides is 2. The first-order chi connectivity index (χ1) is 17.2. The fourth-order valence-corrected chi connectivity index (χ4v) is 7.32. The van der Waals surface area contributed by atoms with Crippen LogP contribution in [0.2, 0.25) is 0 Å². The molecule has 3 unspecified atom stereocenters. The van der Waals surface area contributed by atoms with Crippen LogP contribution in [0, 0.1) is 17.8 Å². The molecule has 8 nitrogen and oxygen atoms in total. The maximum absolute atomic E-state index is 14.4. The van der Waals surface area contributed by atoms with Gasteiger partial charge in [-0.25, -0.2) is 0 Å². The lowest BCUT2D eigenvalue weighted by molar-refractivity contribution is -0.164. The number of carbonyl (C=O) groups is 3. The molecule has 3 heterocycles. The van der Waals surface area contributed by atoms with Crippen molar-refractivity contribution in [1.82, 2.24) is 9.80 Å². The van der Waals surface area contributed by atoms with E-state index in [4.69, 9.17) is 9.47 Å². The van der Waals surface area contributed by atoms with E-state index in [1.165, 1.54) is 4.90 Å². The molecular weight excluding hydrogens is 460 g/mol. The van der Waals surface area contributed by atoms with Crippen LogP contribution < -0.4 is 0 Å². The third-order valence-corrected chi connectivity index (χ3v) is 9.17. The fraction of sp³-hybridized carbons (Fsp3) is 0.750. The molecule has 4 fully saturated rings. The average Bonchev–Trinajstić information content (AvgIpc) is 3.39. The van der Waals surface area contributed by atoms with Crippen LogP contribution in [0.4, 0.5) is 0 Å². The summed E-state index contributed by atoms with van der Waals surface area (Å²) in [5.74, 6) is -2.64. The highest BCUT2D eigenvalue weighted by molar-refractivity contribution is 5.99. The molecule has 3 saturated heterocycles. The number of hydrogen-bond donors (Lipinski definition) is 1. The normalized spacial score (nSPS) is 36.4. The Kier molecular flexibility index (Phi) is 7.68. The van der Waals surface area contributed by atoms with Crippen LogP contribution >= 0.6 is 0 Å². The molecular formula is C28H42N2O6. The van der Waals surface area contributed by atoms with Crippen molar-refractivity contribution in [3.05, 3.63) is 25.3 Å². The minimum absolute atomic E-state index is 0.0549. The van der Waals surface area contributed by atoms with Crippen LogP contribution in [0.5, 0.6) is 0 Å². The van der Waals surface area contributed by atoms with Gasteiger partial charge in [-0.05, 0) is 45.4 Å². The summed E-state index contributed by atoms with van der Waals surface area (Å²) < 4.78 is 12.3. The van der Waals surface area contributed by atoms with Crippen molar-refractivity contribution in [3.63, 3.8) is 0 Å². The van der Waals surface area contributed by atoms with Gasteiger partial charge in [-0.2, -0.15) is 0 Å². The second kappa shape index (κ2) is 10.3. The lowest BCUT2D eigenvalue weighted by atomic mass is 9.62. The molecule has 1 N–H and O–H groups in total. The first kappa shape index (κ1) is 26.9. The standard InChI is InChI=1S/C28H42N2O6/c1-6-8-15-35-26(34)22-21-24(32)30(19(4)17-31)23(28(21)16-18(3)27(22,5)36-28)25(33)29(14-7-2)20-12-10-9-11-13-20/h6-7,18-23,31H,1-2,8-17H2,3-5H3/t18?,19-,21+,22-,23?,27+,28?/m1/s1.